The maximum atomic E-state index is 13.2. The fourth-order valence-corrected chi connectivity index (χ4v) is 3.48. The lowest BCUT2D eigenvalue weighted by molar-refractivity contribution is -0.140. The highest BCUT2D eigenvalue weighted by molar-refractivity contribution is 6.36. The highest BCUT2D eigenvalue weighted by atomic mass is 35.5. The molecule has 1 atom stereocenters. The van der Waals surface area contributed by atoms with Gasteiger partial charge < -0.3 is 10.2 Å². The van der Waals surface area contributed by atoms with Gasteiger partial charge in [0.1, 0.15) is 6.04 Å². The third-order valence-electron chi connectivity index (χ3n) is 4.32. The van der Waals surface area contributed by atoms with E-state index >= 15 is 0 Å². The number of carbonyl (C=O) groups is 2. The van der Waals surface area contributed by atoms with Crippen molar-refractivity contribution in [2.45, 2.75) is 39.3 Å². The molecule has 6 heteroatoms. The Kier molecular flexibility index (Phi) is 8.14. The molecule has 2 amide bonds. The number of likely N-dealkylation sites (N-methyl/N-ethyl adjacent to an activating group) is 1. The summed E-state index contributed by atoms with van der Waals surface area (Å²) in [4.78, 5) is 27.3. The van der Waals surface area contributed by atoms with Crippen LogP contribution in [0.4, 0.5) is 0 Å². The topological polar surface area (TPSA) is 49.4 Å². The smallest absolute Gasteiger partial charge is 0.242 e. The molecule has 1 N–H and O–H groups in total. The number of rotatable bonds is 8. The zero-order chi connectivity index (χ0) is 19.8. The molecule has 0 aliphatic carbocycles. The molecule has 0 heterocycles. The second-order valence-electron chi connectivity index (χ2n) is 6.20. The third-order valence-corrected chi connectivity index (χ3v) is 5.03. The highest BCUT2D eigenvalue weighted by Gasteiger charge is 2.29. The maximum absolute atomic E-state index is 13.2. The first kappa shape index (κ1) is 21.3. The van der Waals surface area contributed by atoms with Gasteiger partial charge in [-0.3, -0.25) is 9.59 Å². The van der Waals surface area contributed by atoms with Crippen molar-refractivity contribution in [3.05, 3.63) is 69.7 Å². The monoisotopic (exact) mass is 406 g/mol. The summed E-state index contributed by atoms with van der Waals surface area (Å²) in [6.07, 6.45) is 0.557. The van der Waals surface area contributed by atoms with E-state index in [4.69, 9.17) is 23.2 Å². The van der Waals surface area contributed by atoms with Crippen molar-refractivity contribution in [1.82, 2.24) is 10.2 Å². The summed E-state index contributed by atoms with van der Waals surface area (Å²) in [5, 5.41) is 3.71. The van der Waals surface area contributed by atoms with E-state index in [2.05, 4.69) is 5.32 Å². The molecule has 0 bridgehead atoms. The van der Waals surface area contributed by atoms with E-state index in [1.807, 2.05) is 44.2 Å². The van der Waals surface area contributed by atoms with Gasteiger partial charge in [0.25, 0.3) is 0 Å². The van der Waals surface area contributed by atoms with Crippen LogP contribution in [0.5, 0.6) is 0 Å². The van der Waals surface area contributed by atoms with Crippen LogP contribution in [-0.4, -0.2) is 29.3 Å². The Hall–Kier alpha value is -2.04. The number of hydrogen-bond acceptors (Lipinski definition) is 2. The fourth-order valence-electron chi connectivity index (χ4n) is 2.95. The molecule has 0 saturated carbocycles. The normalized spacial score (nSPS) is 11.7. The first-order valence-electron chi connectivity index (χ1n) is 9.01. The highest BCUT2D eigenvalue weighted by Crippen LogP contribution is 2.26. The first-order valence-corrected chi connectivity index (χ1v) is 9.77. The van der Waals surface area contributed by atoms with E-state index < -0.39 is 6.04 Å². The van der Waals surface area contributed by atoms with E-state index in [-0.39, 0.29) is 18.2 Å². The minimum atomic E-state index is -0.557. The van der Waals surface area contributed by atoms with Gasteiger partial charge in [-0.15, -0.1) is 0 Å². The van der Waals surface area contributed by atoms with E-state index in [9.17, 15) is 9.59 Å². The summed E-state index contributed by atoms with van der Waals surface area (Å²) >= 11 is 12.5. The van der Waals surface area contributed by atoms with Crippen LogP contribution < -0.4 is 5.32 Å². The predicted molar refractivity (Wildman–Crippen MR) is 110 cm³/mol. The lowest BCUT2D eigenvalue weighted by Crippen LogP contribution is -2.49. The SMILES string of the molecule is CCNC(=O)[C@@H](CC)N(Cc1ccccc1)C(=O)Cc1c(Cl)cccc1Cl. The molecule has 0 aliphatic heterocycles. The maximum Gasteiger partial charge on any atom is 0.242 e. The number of benzene rings is 2. The van der Waals surface area contributed by atoms with Gasteiger partial charge in [-0.2, -0.15) is 0 Å². The van der Waals surface area contributed by atoms with Crippen LogP contribution in [-0.2, 0) is 22.6 Å². The van der Waals surface area contributed by atoms with Crippen LogP contribution in [0, 0.1) is 0 Å². The van der Waals surface area contributed by atoms with Crippen molar-refractivity contribution in [2.75, 3.05) is 6.54 Å². The predicted octanol–water partition coefficient (Wildman–Crippen LogP) is 4.48. The Balaban J connectivity index is 2.32. The van der Waals surface area contributed by atoms with Crippen molar-refractivity contribution in [3.8, 4) is 0 Å². The molecule has 0 saturated heterocycles. The van der Waals surface area contributed by atoms with Gasteiger partial charge in [-0.05, 0) is 36.6 Å². The van der Waals surface area contributed by atoms with Crippen molar-refractivity contribution in [1.29, 1.82) is 0 Å². The molecule has 0 radical (unpaired) electrons. The van der Waals surface area contributed by atoms with E-state index in [1.54, 1.807) is 23.1 Å². The Morgan fingerprint density at radius 3 is 2.19 bits per heavy atom. The van der Waals surface area contributed by atoms with Crippen molar-refractivity contribution in [2.24, 2.45) is 0 Å². The minimum Gasteiger partial charge on any atom is -0.355 e. The number of hydrogen-bond donors (Lipinski definition) is 1. The molecule has 0 aliphatic rings. The van der Waals surface area contributed by atoms with Crippen LogP contribution >= 0.6 is 23.2 Å². The Labute approximate surface area is 170 Å². The van der Waals surface area contributed by atoms with Gasteiger partial charge in [0.15, 0.2) is 0 Å². The molecule has 0 spiro atoms. The Morgan fingerprint density at radius 2 is 1.63 bits per heavy atom. The van der Waals surface area contributed by atoms with Crippen LogP contribution in [0.3, 0.4) is 0 Å². The fraction of sp³-hybridized carbons (Fsp3) is 0.333. The van der Waals surface area contributed by atoms with Gasteiger partial charge >= 0.3 is 0 Å². The lowest BCUT2D eigenvalue weighted by Gasteiger charge is -2.31. The van der Waals surface area contributed by atoms with Gasteiger partial charge in [0.05, 0.1) is 6.42 Å². The van der Waals surface area contributed by atoms with Gasteiger partial charge in [-0.25, -0.2) is 0 Å². The zero-order valence-electron chi connectivity index (χ0n) is 15.5. The summed E-state index contributed by atoms with van der Waals surface area (Å²) < 4.78 is 0. The number of amides is 2. The number of nitrogens with zero attached hydrogens (tertiary/aromatic N) is 1. The summed E-state index contributed by atoms with van der Waals surface area (Å²) in [5.74, 6) is -0.346. The number of carbonyl (C=O) groups excluding carboxylic acids is 2. The zero-order valence-corrected chi connectivity index (χ0v) is 17.1. The molecule has 0 fully saturated rings. The van der Waals surface area contributed by atoms with Gasteiger partial charge in [0.2, 0.25) is 11.8 Å². The quantitative estimate of drug-likeness (QED) is 0.702. The van der Waals surface area contributed by atoms with E-state index in [1.165, 1.54) is 0 Å². The van der Waals surface area contributed by atoms with Crippen LogP contribution in [0.15, 0.2) is 48.5 Å². The average molecular weight is 407 g/mol. The van der Waals surface area contributed by atoms with Crippen LogP contribution in [0.1, 0.15) is 31.4 Å². The Morgan fingerprint density at radius 1 is 1.00 bits per heavy atom. The minimum absolute atomic E-state index is 0.0429. The summed E-state index contributed by atoms with van der Waals surface area (Å²) in [7, 11) is 0. The van der Waals surface area contributed by atoms with Crippen LogP contribution in [0.25, 0.3) is 0 Å². The summed E-state index contributed by atoms with van der Waals surface area (Å²) in [5.41, 5.74) is 1.54. The molecule has 2 aromatic rings. The van der Waals surface area contributed by atoms with E-state index in [0.717, 1.165) is 5.56 Å². The lowest BCUT2D eigenvalue weighted by atomic mass is 10.1. The Bertz CT molecular complexity index is 761. The molecule has 144 valence electrons. The van der Waals surface area contributed by atoms with Gasteiger partial charge in [0, 0.05) is 23.1 Å². The van der Waals surface area contributed by atoms with Crippen molar-refractivity contribution in [3.63, 3.8) is 0 Å². The standard InChI is InChI=1S/C21H24Cl2N2O2/c1-3-19(21(27)24-4-2)25(14-15-9-6-5-7-10-15)20(26)13-16-17(22)11-8-12-18(16)23/h5-12,19H,3-4,13-14H2,1-2H3,(H,24,27)/t19-/m1/s1. The van der Waals surface area contributed by atoms with Crippen molar-refractivity contribution >= 4 is 35.0 Å². The third kappa shape index (κ3) is 5.72. The molecule has 2 rings (SSSR count). The molecular weight excluding hydrogens is 383 g/mol. The van der Waals surface area contributed by atoms with Gasteiger partial charge in [-0.1, -0.05) is 66.5 Å². The largest absolute Gasteiger partial charge is 0.355 e. The molecule has 0 unspecified atom stereocenters. The molecule has 0 aromatic heterocycles. The molecule has 2 aromatic carbocycles. The number of halogens is 2. The average Bonchev–Trinajstić information content (AvgIpc) is 2.65. The summed E-state index contributed by atoms with van der Waals surface area (Å²) in [6, 6.07) is 14.2. The second kappa shape index (κ2) is 10.3. The first-order chi connectivity index (χ1) is 13.0. The number of nitrogens with one attached hydrogen (secondary N) is 1. The van der Waals surface area contributed by atoms with Crippen molar-refractivity contribution < 1.29 is 9.59 Å². The summed E-state index contributed by atoms with van der Waals surface area (Å²) in [6.45, 7) is 4.61. The molecular formula is C21H24Cl2N2O2. The molecule has 4 nitrogen and oxygen atoms in total. The molecule has 27 heavy (non-hydrogen) atoms. The van der Waals surface area contributed by atoms with E-state index in [0.29, 0.717) is 35.1 Å². The second-order valence-corrected chi connectivity index (χ2v) is 7.02. The van der Waals surface area contributed by atoms with Crippen LogP contribution in [0.2, 0.25) is 10.0 Å².